The molecule has 1 fully saturated rings. The number of nitrogens with zero attached hydrogens (tertiary/aromatic N) is 1. The molecule has 0 radical (unpaired) electrons. The minimum Gasteiger partial charge on any atom is -0.490 e. The maximum Gasteiger partial charge on any atom is 0.409 e. The molecule has 0 unspecified atom stereocenters. The third-order valence-corrected chi connectivity index (χ3v) is 4.28. The van der Waals surface area contributed by atoms with E-state index in [2.05, 4.69) is 10.1 Å². The number of hydrogen-bond donors (Lipinski definition) is 1. The monoisotopic (exact) mass is 412 g/mol. The molecular weight excluding hydrogens is 386 g/mol. The Morgan fingerprint density at radius 3 is 2.55 bits per heavy atom. The van der Waals surface area contributed by atoms with Gasteiger partial charge in [-0.2, -0.15) is 8.78 Å². The molecule has 1 aromatic carbocycles. The van der Waals surface area contributed by atoms with Gasteiger partial charge in [-0.25, -0.2) is 4.79 Å². The molecule has 29 heavy (non-hydrogen) atoms. The number of halogens is 2. The molecule has 7 nitrogen and oxygen atoms in total. The van der Waals surface area contributed by atoms with Crippen molar-refractivity contribution in [3.05, 3.63) is 29.8 Å². The minimum atomic E-state index is -2.95. The summed E-state index contributed by atoms with van der Waals surface area (Å²) in [4.78, 5) is 25.5. The van der Waals surface area contributed by atoms with Crippen molar-refractivity contribution in [2.75, 3.05) is 26.3 Å². The summed E-state index contributed by atoms with van der Waals surface area (Å²) in [6.07, 6.45) is 3.90. The Labute approximate surface area is 168 Å². The first-order valence-electron chi connectivity index (χ1n) is 9.54. The van der Waals surface area contributed by atoms with E-state index in [0.717, 1.165) is 0 Å². The van der Waals surface area contributed by atoms with Crippen molar-refractivity contribution in [1.82, 2.24) is 10.2 Å². The van der Waals surface area contributed by atoms with E-state index in [1.54, 1.807) is 30.9 Å². The van der Waals surface area contributed by atoms with Crippen LogP contribution in [-0.4, -0.2) is 55.9 Å². The molecule has 2 rings (SSSR count). The lowest BCUT2D eigenvalue weighted by Gasteiger charge is -2.31. The number of amides is 2. The van der Waals surface area contributed by atoms with Crippen molar-refractivity contribution in [2.24, 2.45) is 0 Å². The maximum absolute atomic E-state index is 12.5. The smallest absolute Gasteiger partial charge is 0.409 e. The summed E-state index contributed by atoms with van der Waals surface area (Å²) in [6.45, 7) is 2.21. The first kappa shape index (κ1) is 22.4. The van der Waals surface area contributed by atoms with Crippen LogP contribution in [0.2, 0.25) is 0 Å². The number of hydrogen-bond acceptors (Lipinski definition) is 5. The zero-order valence-electron chi connectivity index (χ0n) is 16.5. The Morgan fingerprint density at radius 1 is 1.21 bits per heavy atom. The topological polar surface area (TPSA) is 77.1 Å². The van der Waals surface area contributed by atoms with E-state index >= 15 is 0 Å². The number of carbonyl (C=O) groups is 2. The number of benzene rings is 1. The Balaban J connectivity index is 1.89. The van der Waals surface area contributed by atoms with Crippen molar-refractivity contribution in [2.45, 2.75) is 39.3 Å². The highest BCUT2D eigenvalue weighted by atomic mass is 19.3. The number of rotatable bonds is 8. The fourth-order valence-electron chi connectivity index (χ4n) is 2.93. The first-order chi connectivity index (χ1) is 13.9. The molecule has 9 heteroatoms. The average Bonchev–Trinajstić information content (AvgIpc) is 2.68. The van der Waals surface area contributed by atoms with Gasteiger partial charge in [-0.3, -0.25) is 4.79 Å². The van der Waals surface area contributed by atoms with Gasteiger partial charge >= 0.3 is 12.7 Å². The molecule has 1 aromatic rings. The molecule has 0 aliphatic carbocycles. The summed E-state index contributed by atoms with van der Waals surface area (Å²) in [6, 6.07) is 4.43. The van der Waals surface area contributed by atoms with Gasteiger partial charge in [0.15, 0.2) is 11.5 Å². The van der Waals surface area contributed by atoms with Crippen LogP contribution in [0.4, 0.5) is 13.6 Å². The second kappa shape index (κ2) is 11.2. The standard InChI is InChI=1S/C20H26F2N2O5/c1-3-27-17-13-14(5-7-16(17)29-19(21)22)6-8-18(25)23-15-9-11-24(12-10-15)20(26)28-4-2/h5-8,13,15,19H,3-4,9-12H2,1-2H3,(H,23,25)/b8-6+. The first-order valence-corrected chi connectivity index (χ1v) is 9.54. The second-order valence-electron chi connectivity index (χ2n) is 6.32. The van der Waals surface area contributed by atoms with Gasteiger partial charge in [0.25, 0.3) is 0 Å². The van der Waals surface area contributed by atoms with Crippen LogP contribution in [0.5, 0.6) is 11.5 Å². The molecule has 1 aliphatic rings. The number of alkyl halides is 2. The van der Waals surface area contributed by atoms with Gasteiger partial charge in [-0.1, -0.05) is 6.07 Å². The number of likely N-dealkylation sites (tertiary alicyclic amines) is 1. The quantitative estimate of drug-likeness (QED) is 0.662. The lowest BCUT2D eigenvalue weighted by atomic mass is 10.1. The minimum absolute atomic E-state index is 0.0290. The van der Waals surface area contributed by atoms with Crippen molar-refractivity contribution in [3.63, 3.8) is 0 Å². The Kier molecular flexibility index (Phi) is 8.69. The molecule has 0 aromatic heterocycles. The van der Waals surface area contributed by atoms with Gasteiger partial charge in [0, 0.05) is 25.2 Å². The normalized spacial score (nSPS) is 14.9. The molecule has 2 amide bonds. The summed E-state index contributed by atoms with van der Waals surface area (Å²) in [5.74, 6) is -0.149. The van der Waals surface area contributed by atoms with Crippen molar-refractivity contribution in [1.29, 1.82) is 0 Å². The van der Waals surface area contributed by atoms with Crippen LogP contribution in [0.1, 0.15) is 32.3 Å². The van der Waals surface area contributed by atoms with Crippen LogP contribution in [0.3, 0.4) is 0 Å². The van der Waals surface area contributed by atoms with Gasteiger partial charge < -0.3 is 24.4 Å². The summed E-state index contributed by atoms with van der Waals surface area (Å²) >= 11 is 0. The number of nitrogens with one attached hydrogen (secondary N) is 1. The highest BCUT2D eigenvalue weighted by Gasteiger charge is 2.24. The molecule has 1 N–H and O–H groups in total. The van der Waals surface area contributed by atoms with E-state index in [1.165, 1.54) is 18.2 Å². The number of ether oxygens (including phenoxy) is 3. The molecule has 0 saturated carbocycles. The van der Waals surface area contributed by atoms with E-state index in [1.807, 2.05) is 0 Å². The highest BCUT2D eigenvalue weighted by Crippen LogP contribution is 2.30. The molecule has 160 valence electrons. The van der Waals surface area contributed by atoms with Gasteiger partial charge in [0.05, 0.1) is 13.2 Å². The third-order valence-electron chi connectivity index (χ3n) is 4.28. The SMILES string of the molecule is CCOC(=O)N1CCC(NC(=O)/C=C/c2ccc(OC(F)F)c(OCC)c2)CC1. The van der Waals surface area contributed by atoms with Crippen LogP contribution < -0.4 is 14.8 Å². The maximum atomic E-state index is 12.5. The molecule has 0 atom stereocenters. The Morgan fingerprint density at radius 2 is 1.93 bits per heavy atom. The summed E-state index contributed by atoms with van der Waals surface area (Å²) in [5, 5.41) is 2.90. The van der Waals surface area contributed by atoms with Crippen LogP contribution >= 0.6 is 0 Å². The van der Waals surface area contributed by atoms with Crippen LogP contribution in [0.15, 0.2) is 24.3 Å². The van der Waals surface area contributed by atoms with Crippen LogP contribution in [-0.2, 0) is 9.53 Å². The second-order valence-corrected chi connectivity index (χ2v) is 6.32. The van der Waals surface area contributed by atoms with Crippen molar-refractivity contribution < 1.29 is 32.6 Å². The van der Waals surface area contributed by atoms with Crippen molar-refractivity contribution >= 4 is 18.1 Å². The zero-order valence-corrected chi connectivity index (χ0v) is 16.5. The van der Waals surface area contributed by atoms with Crippen LogP contribution in [0.25, 0.3) is 6.08 Å². The third kappa shape index (κ3) is 7.24. The van der Waals surface area contributed by atoms with E-state index in [4.69, 9.17) is 9.47 Å². The predicted octanol–water partition coefficient (Wildman–Crippen LogP) is 3.44. The molecule has 0 spiro atoms. The summed E-state index contributed by atoms with van der Waals surface area (Å²) in [7, 11) is 0. The van der Waals surface area contributed by atoms with Gasteiger partial charge in [0.1, 0.15) is 0 Å². The molecule has 1 saturated heterocycles. The largest absolute Gasteiger partial charge is 0.490 e. The molecule has 1 heterocycles. The number of piperidine rings is 1. The summed E-state index contributed by atoms with van der Waals surface area (Å²) < 4.78 is 39.6. The average molecular weight is 412 g/mol. The van der Waals surface area contributed by atoms with E-state index in [0.29, 0.717) is 38.1 Å². The van der Waals surface area contributed by atoms with E-state index in [9.17, 15) is 18.4 Å². The van der Waals surface area contributed by atoms with Crippen LogP contribution in [0, 0.1) is 0 Å². The fraction of sp³-hybridized carbons (Fsp3) is 0.500. The summed E-state index contributed by atoms with van der Waals surface area (Å²) in [5.41, 5.74) is 0.613. The van der Waals surface area contributed by atoms with Gasteiger partial charge in [-0.15, -0.1) is 0 Å². The fourth-order valence-corrected chi connectivity index (χ4v) is 2.93. The molecular formula is C20H26F2N2O5. The lowest BCUT2D eigenvalue weighted by molar-refractivity contribution is -0.117. The van der Waals surface area contributed by atoms with E-state index in [-0.39, 0.29) is 36.1 Å². The van der Waals surface area contributed by atoms with Crippen molar-refractivity contribution in [3.8, 4) is 11.5 Å². The zero-order chi connectivity index (χ0) is 21.2. The Hall–Kier alpha value is -2.84. The Bertz CT molecular complexity index is 719. The predicted molar refractivity (Wildman–Crippen MR) is 103 cm³/mol. The number of carbonyl (C=O) groups excluding carboxylic acids is 2. The molecule has 0 bridgehead atoms. The molecule has 1 aliphatic heterocycles. The highest BCUT2D eigenvalue weighted by molar-refractivity contribution is 5.92. The van der Waals surface area contributed by atoms with Gasteiger partial charge in [0.2, 0.25) is 5.91 Å². The van der Waals surface area contributed by atoms with E-state index < -0.39 is 6.61 Å². The van der Waals surface area contributed by atoms with Gasteiger partial charge in [-0.05, 0) is 50.5 Å². The lowest BCUT2D eigenvalue weighted by Crippen LogP contribution is -2.46.